The van der Waals surface area contributed by atoms with Gasteiger partial charge in [0, 0.05) is 24.3 Å². The molecule has 4 heterocycles. The summed E-state index contributed by atoms with van der Waals surface area (Å²) in [4.78, 5) is 23.3. The Morgan fingerprint density at radius 3 is 2.85 bits per heavy atom. The zero-order chi connectivity index (χ0) is 23.7. The molecule has 11 heteroatoms. The molecule has 0 spiro atoms. The Morgan fingerprint density at radius 2 is 2.06 bits per heavy atom. The second kappa shape index (κ2) is 9.41. The Hall–Kier alpha value is -3.47. The number of fused-ring (bicyclic) bond motifs is 1. The molecular weight excluding hydrogens is 443 g/mol. The minimum Gasteiger partial charge on any atom is -0.481 e. The Labute approximate surface area is 195 Å². The van der Waals surface area contributed by atoms with Gasteiger partial charge in [-0.3, -0.25) is 0 Å². The second-order valence-electron chi connectivity index (χ2n) is 8.71. The highest BCUT2D eigenvalue weighted by molar-refractivity contribution is 5.73. The number of methoxy groups -OCH3 is 1. The lowest BCUT2D eigenvalue weighted by atomic mass is 9.93. The summed E-state index contributed by atoms with van der Waals surface area (Å²) in [6.45, 7) is 0.728. The van der Waals surface area contributed by atoms with Crippen molar-refractivity contribution in [2.24, 2.45) is 0 Å². The monoisotopic (exact) mass is 470 g/mol. The number of carbonyl (C=O) groups is 1. The first-order chi connectivity index (χ1) is 16.5. The van der Waals surface area contributed by atoms with Gasteiger partial charge < -0.3 is 24.8 Å². The quantitative estimate of drug-likeness (QED) is 0.585. The molecule has 180 valence electrons. The molecule has 10 nitrogen and oxygen atoms in total. The minimum atomic E-state index is -0.571. The van der Waals surface area contributed by atoms with Gasteiger partial charge in [0.2, 0.25) is 11.5 Å². The van der Waals surface area contributed by atoms with Crippen molar-refractivity contribution in [3.8, 4) is 11.6 Å². The molecule has 34 heavy (non-hydrogen) atoms. The van der Waals surface area contributed by atoms with Crippen LogP contribution in [0.5, 0.6) is 11.6 Å². The number of halogens is 1. The van der Waals surface area contributed by atoms with Gasteiger partial charge in [-0.05, 0) is 50.7 Å². The number of amides is 1. The van der Waals surface area contributed by atoms with E-state index in [1.807, 2.05) is 6.07 Å². The molecular formula is C23H27FN6O4. The number of nitrogens with one attached hydrogen (secondary N) is 1. The smallest absolute Gasteiger partial charge is 0.413 e. The van der Waals surface area contributed by atoms with E-state index in [2.05, 4.69) is 20.3 Å². The number of hydrogen-bond acceptors (Lipinski definition) is 8. The fourth-order valence-corrected chi connectivity index (χ4v) is 4.80. The van der Waals surface area contributed by atoms with Crippen LogP contribution in [0.2, 0.25) is 0 Å². The maximum atomic E-state index is 14.0. The second-order valence-corrected chi connectivity index (χ2v) is 8.71. The molecule has 2 fully saturated rings. The van der Waals surface area contributed by atoms with E-state index in [1.54, 1.807) is 10.7 Å². The number of ether oxygens (including phenoxy) is 2. The molecule has 1 aliphatic carbocycles. The first-order valence-electron chi connectivity index (χ1n) is 11.5. The topological polar surface area (TPSA) is 114 Å². The maximum Gasteiger partial charge on any atom is 0.413 e. The SMILES string of the molecule is COc1ncc(F)cc1[C@H]1CCCN1c1ccn2ncc(OC(=O)N[C@H]3CC[C@H](O)CC3)c2n1. The molecule has 0 aromatic carbocycles. The maximum absolute atomic E-state index is 14.0. The summed E-state index contributed by atoms with van der Waals surface area (Å²) in [5, 5.41) is 16.7. The predicted molar refractivity (Wildman–Crippen MR) is 120 cm³/mol. The molecule has 3 aromatic rings. The molecule has 1 saturated heterocycles. The van der Waals surface area contributed by atoms with Gasteiger partial charge >= 0.3 is 6.09 Å². The van der Waals surface area contributed by atoms with Gasteiger partial charge in [0.15, 0.2) is 5.75 Å². The van der Waals surface area contributed by atoms with Crippen LogP contribution in [0.4, 0.5) is 15.0 Å². The van der Waals surface area contributed by atoms with Gasteiger partial charge in [-0.15, -0.1) is 0 Å². The van der Waals surface area contributed by atoms with Crippen molar-refractivity contribution in [1.29, 1.82) is 0 Å². The van der Waals surface area contributed by atoms with Gasteiger partial charge in [-0.2, -0.15) is 5.10 Å². The van der Waals surface area contributed by atoms with Gasteiger partial charge in [-0.1, -0.05) is 0 Å². The van der Waals surface area contributed by atoms with E-state index in [1.165, 1.54) is 19.4 Å². The Morgan fingerprint density at radius 1 is 1.24 bits per heavy atom. The van der Waals surface area contributed by atoms with Crippen molar-refractivity contribution >= 4 is 17.6 Å². The lowest BCUT2D eigenvalue weighted by Gasteiger charge is -2.27. The summed E-state index contributed by atoms with van der Waals surface area (Å²) in [5.41, 5.74) is 1.07. The average Bonchev–Trinajstić information content (AvgIpc) is 3.48. The van der Waals surface area contributed by atoms with Gasteiger partial charge in [0.05, 0.1) is 31.6 Å². The number of hydrogen-bond donors (Lipinski definition) is 2. The van der Waals surface area contributed by atoms with Crippen molar-refractivity contribution in [3.05, 3.63) is 42.1 Å². The molecule has 0 unspecified atom stereocenters. The predicted octanol–water partition coefficient (Wildman–Crippen LogP) is 3.01. The van der Waals surface area contributed by atoms with E-state index < -0.39 is 11.9 Å². The van der Waals surface area contributed by atoms with Crippen molar-refractivity contribution in [2.75, 3.05) is 18.6 Å². The first kappa shape index (κ1) is 22.3. The minimum absolute atomic E-state index is 0.0264. The number of aromatic nitrogens is 4. The Kier molecular flexibility index (Phi) is 6.18. The fourth-order valence-electron chi connectivity index (χ4n) is 4.80. The fraction of sp³-hybridized carbons (Fsp3) is 0.478. The van der Waals surface area contributed by atoms with E-state index in [-0.39, 0.29) is 23.9 Å². The van der Waals surface area contributed by atoms with Crippen molar-refractivity contribution in [3.63, 3.8) is 0 Å². The molecule has 0 radical (unpaired) electrons. The van der Waals surface area contributed by atoms with E-state index >= 15 is 0 Å². The average molecular weight is 471 g/mol. The van der Waals surface area contributed by atoms with E-state index in [0.29, 0.717) is 48.6 Å². The Balaban J connectivity index is 1.36. The number of pyridine rings is 1. The molecule has 5 rings (SSSR count). The van der Waals surface area contributed by atoms with Crippen LogP contribution in [-0.2, 0) is 0 Å². The molecule has 1 atom stereocenters. The molecule has 3 aromatic heterocycles. The normalized spacial score (nSPS) is 22.7. The third kappa shape index (κ3) is 4.47. The highest BCUT2D eigenvalue weighted by atomic mass is 19.1. The molecule has 2 aliphatic rings. The van der Waals surface area contributed by atoms with Gasteiger partial charge in [0.25, 0.3) is 0 Å². The van der Waals surface area contributed by atoms with Crippen LogP contribution < -0.4 is 19.7 Å². The zero-order valence-electron chi connectivity index (χ0n) is 18.9. The summed E-state index contributed by atoms with van der Waals surface area (Å²) in [6.07, 6.45) is 7.93. The summed E-state index contributed by atoms with van der Waals surface area (Å²) in [5.74, 6) is 0.875. The summed E-state index contributed by atoms with van der Waals surface area (Å²) in [6, 6.07) is 3.11. The third-order valence-corrected chi connectivity index (χ3v) is 6.49. The van der Waals surface area contributed by atoms with Gasteiger partial charge in [-0.25, -0.2) is 23.7 Å². The van der Waals surface area contributed by atoms with E-state index in [9.17, 15) is 14.3 Å². The molecule has 1 aliphatic heterocycles. The first-order valence-corrected chi connectivity index (χ1v) is 11.5. The largest absolute Gasteiger partial charge is 0.481 e. The number of aliphatic hydroxyl groups is 1. The number of carbonyl (C=O) groups excluding carboxylic acids is 1. The van der Waals surface area contributed by atoms with Crippen LogP contribution in [0.3, 0.4) is 0 Å². The van der Waals surface area contributed by atoms with Gasteiger partial charge in [0.1, 0.15) is 11.6 Å². The lowest BCUT2D eigenvalue weighted by molar-refractivity contribution is 0.115. The Bertz CT molecular complexity index is 1180. The van der Waals surface area contributed by atoms with E-state index in [4.69, 9.17) is 14.5 Å². The molecule has 2 N–H and O–H groups in total. The summed E-state index contributed by atoms with van der Waals surface area (Å²) < 4.78 is 26.4. The summed E-state index contributed by atoms with van der Waals surface area (Å²) >= 11 is 0. The number of aliphatic hydroxyl groups excluding tert-OH is 1. The number of nitrogens with zero attached hydrogens (tertiary/aromatic N) is 5. The zero-order valence-corrected chi connectivity index (χ0v) is 18.9. The molecule has 0 bridgehead atoms. The standard InChI is InChI=1S/C23H27FN6O4/c1-33-22-17(11-14(24)12-25-22)18-3-2-9-29(18)20-8-10-30-21(28-20)19(13-26-30)34-23(32)27-15-4-6-16(31)7-5-15/h8,10-13,15-16,18,31H,2-7,9H2,1H3,(H,27,32)/t15-,16-,18-/m1/s1. The summed E-state index contributed by atoms with van der Waals surface area (Å²) in [7, 11) is 1.52. The van der Waals surface area contributed by atoms with Crippen LogP contribution in [0, 0.1) is 5.82 Å². The van der Waals surface area contributed by atoms with Crippen molar-refractivity contribution in [2.45, 2.75) is 56.7 Å². The highest BCUT2D eigenvalue weighted by Gasteiger charge is 2.31. The van der Waals surface area contributed by atoms with Crippen LogP contribution in [0.25, 0.3) is 5.65 Å². The van der Waals surface area contributed by atoms with Crippen LogP contribution in [0.15, 0.2) is 30.7 Å². The van der Waals surface area contributed by atoms with Crippen LogP contribution in [-0.4, -0.2) is 56.6 Å². The molecule has 1 amide bonds. The van der Waals surface area contributed by atoms with Crippen molar-refractivity contribution in [1.82, 2.24) is 24.9 Å². The highest BCUT2D eigenvalue weighted by Crippen LogP contribution is 2.39. The number of anilines is 1. The lowest BCUT2D eigenvalue weighted by Crippen LogP contribution is -2.40. The van der Waals surface area contributed by atoms with Crippen LogP contribution >= 0.6 is 0 Å². The molecule has 1 saturated carbocycles. The van der Waals surface area contributed by atoms with Crippen LogP contribution in [0.1, 0.15) is 50.1 Å². The van der Waals surface area contributed by atoms with Crippen molar-refractivity contribution < 1.29 is 23.8 Å². The van der Waals surface area contributed by atoms with E-state index in [0.717, 1.165) is 25.6 Å². The third-order valence-electron chi connectivity index (χ3n) is 6.49. The number of rotatable bonds is 5.